The molecule has 3 nitrogen and oxygen atoms in total. The maximum absolute atomic E-state index is 5.75. The minimum absolute atomic E-state index is 0.612. The molecule has 4 heteroatoms. The Morgan fingerprint density at radius 3 is 2.36 bits per heavy atom. The molecule has 0 heterocycles. The van der Waals surface area contributed by atoms with Crippen LogP contribution in [0.25, 0.3) is 0 Å². The molecule has 0 amide bonds. The van der Waals surface area contributed by atoms with E-state index < -0.39 is 0 Å². The minimum Gasteiger partial charge on any atom is -0.490 e. The Bertz CT molecular complexity index is 713. The summed E-state index contributed by atoms with van der Waals surface area (Å²) in [5, 5.41) is 3.78. The molecule has 0 atom stereocenters. The van der Waals surface area contributed by atoms with Crippen molar-refractivity contribution in [2.24, 2.45) is 5.16 Å². The van der Waals surface area contributed by atoms with Gasteiger partial charge in [-0.15, -0.1) is 11.8 Å². The van der Waals surface area contributed by atoms with Crippen molar-refractivity contribution in [3.8, 4) is 5.75 Å². The van der Waals surface area contributed by atoms with Crippen molar-refractivity contribution in [2.45, 2.75) is 31.4 Å². The Morgan fingerprint density at radius 2 is 1.76 bits per heavy atom. The summed E-state index contributed by atoms with van der Waals surface area (Å²) in [4.78, 5) is 6.02. The normalized spacial score (nSPS) is 11.4. The first-order valence-corrected chi connectivity index (χ1v) is 9.26. The number of allylic oxidation sites excluding steroid dienone is 1. The van der Waals surface area contributed by atoms with E-state index in [0.717, 1.165) is 17.1 Å². The van der Waals surface area contributed by atoms with E-state index in [1.807, 2.05) is 30.8 Å². The average molecular weight is 356 g/mol. The minimum atomic E-state index is 0.612. The van der Waals surface area contributed by atoms with E-state index in [4.69, 9.17) is 9.57 Å². The number of benzene rings is 2. The van der Waals surface area contributed by atoms with Crippen LogP contribution in [0.15, 0.2) is 58.6 Å². The highest BCUT2D eigenvalue weighted by atomic mass is 32.2. The Kier molecular flexibility index (Phi) is 7.61. The lowest BCUT2D eigenvalue weighted by Gasteiger charge is -2.13. The topological polar surface area (TPSA) is 30.8 Å². The summed E-state index contributed by atoms with van der Waals surface area (Å²) in [7, 11) is 1.54. The molecule has 0 aliphatic rings. The van der Waals surface area contributed by atoms with Gasteiger partial charge in [-0.1, -0.05) is 41.6 Å². The third-order valence-corrected chi connectivity index (χ3v) is 5.10. The molecule has 0 radical (unpaired) electrons. The molecule has 0 fully saturated rings. The zero-order valence-electron chi connectivity index (χ0n) is 15.3. The molecular weight excluding hydrogens is 330 g/mol. The van der Waals surface area contributed by atoms with E-state index in [1.54, 1.807) is 13.3 Å². The van der Waals surface area contributed by atoms with Crippen LogP contribution in [0.2, 0.25) is 0 Å². The van der Waals surface area contributed by atoms with Crippen LogP contribution in [-0.2, 0) is 10.6 Å². The number of hydrogen-bond donors (Lipinski definition) is 0. The van der Waals surface area contributed by atoms with Gasteiger partial charge in [-0.05, 0) is 55.2 Å². The zero-order valence-corrected chi connectivity index (χ0v) is 16.1. The summed E-state index contributed by atoms with van der Waals surface area (Å²) in [6.07, 6.45) is 5.71. The van der Waals surface area contributed by atoms with Gasteiger partial charge >= 0.3 is 0 Å². The van der Waals surface area contributed by atoms with E-state index in [0.29, 0.717) is 6.61 Å². The first-order valence-electron chi connectivity index (χ1n) is 8.27. The first kappa shape index (κ1) is 19.1. The molecule has 2 rings (SSSR count). The smallest absolute Gasteiger partial charge is 0.120 e. The number of aryl methyl sites for hydroxylation is 2. The van der Waals surface area contributed by atoms with Crippen LogP contribution in [0.3, 0.4) is 0 Å². The highest BCUT2D eigenvalue weighted by Gasteiger charge is 2.07. The van der Waals surface area contributed by atoms with Crippen molar-refractivity contribution >= 4 is 18.0 Å². The third kappa shape index (κ3) is 5.98. The Labute approximate surface area is 154 Å². The zero-order chi connectivity index (χ0) is 18.1. The monoisotopic (exact) mass is 355 g/mol. The van der Waals surface area contributed by atoms with Crippen molar-refractivity contribution in [2.75, 3.05) is 13.7 Å². The van der Waals surface area contributed by atoms with E-state index in [1.165, 1.54) is 21.6 Å². The standard InChI is InChI=1S/C21H25NO2S/c1-5-6-11-24-20-12-16(2)21(17(3)13-20)25-15-19-9-7-18(8-10-19)14-22-23-4/h5-10,12-14H,11,15H2,1-4H3/b6-5+,22-14?. The van der Waals surface area contributed by atoms with Gasteiger partial charge in [-0.2, -0.15) is 0 Å². The number of rotatable bonds is 8. The van der Waals surface area contributed by atoms with Gasteiger partial charge in [0, 0.05) is 10.6 Å². The van der Waals surface area contributed by atoms with Crippen LogP contribution >= 0.6 is 11.8 Å². The molecule has 132 valence electrons. The molecule has 0 bridgehead atoms. The highest BCUT2D eigenvalue weighted by Crippen LogP contribution is 2.32. The fourth-order valence-corrected chi connectivity index (χ4v) is 3.51. The van der Waals surface area contributed by atoms with Gasteiger partial charge in [0.25, 0.3) is 0 Å². The second kappa shape index (κ2) is 9.94. The Balaban J connectivity index is 2.01. The lowest BCUT2D eigenvalue weighted by Crippen LogP contribution is -1.96. The van der Waals surface area contributed by atoms with Crippen molar-refractivity contribution in [1.82, 2.24) is 0 Å². The lowest BCUT2D eigenvalue weighted by molar-refractivity contribution is 0.215. The summed E-state index contributed by atoms with van der Waals surface area (Å²) >= 11 is 1.86. The second-order valence-corrected chi connectivity index (χ2v) is 6.70. The highest BCUT2D eigenvalue weighted by molar-refractivity contribution is 7.98. The SMILES string of the molecule is C/C=C/COc1cc(C)c(SCc2ccc(C=NOC)cc2)c(C)c1. The molecule has 0 aliphatic heterocycles. The van der Waals surface area contributed by atoms with E-state index in [2.05, 4.69) is 55.4 Å². The van der Waals surface area contributed by atoms with Crippen LogP contribution in [0.5, 0.6) is 5.75 Å². The van der Waals surface area contributed by atoms with E-state index in [9.17, 15) is 0 Å². The maximum atomic E-state index is 5.75. The van der Waals surface area contributed by atoms with Crippen LogP contribution in [0, 0.1) is 13.8 Å². The molecule has 0 aliphatic carbocycles. The number of hydrogen-bond acceptors (Lipinski definition) is 4. The van der Waals surface area contributed by atoms with Crippen LogP contribution in [0.4, 0.5) is 0 Å². The van der Waals surface area contributed by atoms with Crippen molar-refractivity contribution in [1.29, 1.82) is 0 Å². The molecule has 2 aromatic rings. The lowest BCUT2D eigenvalue weighted by atomic mass is 10.1. The molecule has 0 saturated heterocycles. The van der Waals surface area contributed by atoms with Crippen molar-refractivity contribution in [3.05, 3.63) is 70.8 Å². The summed E-state index contributed by atoms with van der Waals surface area (Å²) in [6, 6.07) is 12.6. The van der Waals surface area contributed by atoms with Gasteiger partial charge in [-0.25, -0.2) is 0 Å². The van der Waals surface area contributed by atoms with Crippen molar-refractivity contribution < 1.29 is 9.57 Å². The van der Waals surface area contributed by atoms with E-state index in [-0.39, 0.29) is 0 Å². The molecule has 0 N–H and O–H groups in total. The van der Waals surface area contributed by atoms with Gasteiger partial charge in [0.15, 0.2) is 0 Å². The van der Waals surface area contributed by atoms with Gasteiger partial charge in [0.05, 0.1) is 6.21 Å². The fraction of sp³-hybridized carbons (Fsp3) is 0.286. The second-order valence-electron chi connectivity index (χ2n) is 5.71. The quantitative estimate of drug-likeness (QED) is 0.270. The first-order chi connectivity index (χ1) is 12.1. The number of ether oxygens (including phenoxy) is 1. The molecule has 0 spiro atoms. The summed E-state index contributed by atoms with van der Waals surface area (Å²) < 4.78 is 5.75. The van der Waals surface area contributed by atoms with Crippen LogP contribution in [-0.4, -0.2) is 19.9 Å². The fourth-order valence-electron chi connectivity index (χ4n) is 2.43. The number of oxime groups is 1. The largest absolute Gasteiger partial charge is 0.490 e. The van der Waals surface area contributed by atoms with E-state index >= 15 is 0 Å². The van der Waals surface area contributed by atoms with Crippen molar-refractivity contribution in [3.63, 3.8) is 0 Å². The summed E-state index contributed by atoms with van der Waals surface area (Å²) in [5.41, 5.74) is 4.83. The predicted molar refractivity (Wildman–Crippen MR) is 107 cm³/mol. The third-order valence-electron chi connectivity index (χ3n) is 3.69. The Hall–Kier alpha value is -2.20. The summed E-state index contributed by atoms with van der Waals surface area (Å²) in [6.45, 7) is 6.89. The predicted octanol–water partition coefficient (Wildman–Crippen LogP) is 5.53. The molecule has 0 aromatic heterocycles. The van der Waals surface area contributed by atoms with Crippen LogP contribution < -0.4 is 4.74 Å². The molecular formula is C21H25NO2S. The maximum Gasteiger partial charge on any atom is 0.120 e. The number of thioether (sulfide) groups is 1. The van der Waals surface area contributed by atoms with Crippen LogP contribution in [0.1, 0.15) is 29.2 Å². The van der Waals surface area contributed by atoms with Gasteiger partial charge in [0.2, 0.25) is 0 Å². The molecule has 25 heavy (non-hydrogen) atoms. The van der Waals surface area contributed by atoms with Gasteiger partial charge in [-0.3, -0.25) is 0 Å². The van der Waals surface area contributed by atoms with Gasteiger partial charge < -0.3 is 9.57 Å². The molecule has 0 saturated carbocycles. The molecule has 0 unspecified atom stereocenters. The number of nitrogens with zero attached hydrogens (tertiary/aromatic N) is 1. The molecule has 2 aromatic carbocycles. The van der Waals surface area contributed by atoms with Gasteiger partial charge in [0.1, 0.15) is 19.5 Å². The average Bonchev–Trinajstić information content (AvgIpc) is 2.60. The summed E-state index contributed by atoms with van der Waals surface area (Å²) in [5.74, 6) is 1.86. The Morgan fingerprint density at radius 1 is 1.08 bits per heavy atom.